The number of nitrogens with one attached hydrogen (secondary N) is 1. The van der Waals surface area contributed by atoms with Crippen molar-refractivity contribution in [1.82, 2.24) is 20.1 Å². The summed E-state index contributed by atoms with van der Waals surface area (Å²) in [6, 6.07) is 11.2. The van der Waals surface area contributed by atoms with Crippen molar-refractivity contribution < 1.29 is 9.53 Å². The van der Waals surface area contributed by atoms with E-state index in [1.54, 1.807) is 60.4 Å². The first kappa shape index (κ1) is 25.6. The fourth-order valence-electron chi connectivity index (χ4n) is 3.38. The number of aromatic nitrogens is 3. The Labute approximate surface area is 209 Å². The summed E-state index contributed by atoms with van der Waals surface area (Å²) in [5, 5.41) is 8.09. The second-order valence-corrected chi connectivity index (χ2v) is 8.47. The minimum absolute atomic E-state index is 0.198. The van der Waals surface area contributed by atoms with Gasteiger partial charge >= 0.3 is 0 Å². The number of carbonyl (C=O) groups excluding carboxylic acids is 1. The van der Waals surface area contributed by atoms with Gasteiger partial charge in [0.15, 0.2) is 0 Å². The summed E-state index contributed by atoms with van der Waals surface area (Å²) in [6.45, 7) is 7.46. The van der Waals surface area contributed by atoms with Crippen LogP contribution < -0.4 is 9.62 Å². The van der Waals surface area contributed by atoms with Crippen molar-refractivity contribution in [3.63, 3.8) is 0 Å². The summed E-state index contributed by atoms with van der Waals surface area (Å²) in [4.78, 5) is 17.6. The van der Waals surface area contributed by atoms with Gasteiger partial charge in [0.1, 0.15) is 5.82 Å². The molecule has 9 heteroatoms. The van der Waals surface area contributed by atoms with Crippen LogP contribution in [0.25, 0.3) is 17.3 Å². The highest BCUT2D eigenvalue weighted by molar-refractivity contribution is 7.99. The maximum Gasteiger partial charge on any atom is 0.251 e. The van der Waals surface area contributed by atoms with Gasteiger partial charge in [0.2, 0.25) is 0 Å². The van der Waals surface area contributed by atoms with Gasteiger partial charge in [-0.25, -0.2) is 9.67 Å². The van der Waals surface area contributed by atoms with Crippen molar-refractivity contribution in [2.75, 3.05) is 30.8 Å². The highest BCUT2D eigenvalue weighted by atomic mass is 35.5. The van der Waals surface area contributed by atoms with Crippen molar-refractivity contribution in [1.29, 1.82) is 0 Å². The zero-order chi connectivity index (χ0) is 24.5. The normalized spacial score (nSPS) is 11.4. The topological polar surface area (TPSA) is 72.3 Å². The van der Waals surface area contributed by atoms with E-state index in [1.165, 1.54) is 0 Å². The Kier molecular flexibility index (Phi) is 9.33. The van der Waals surface area contributed by atoms with Crippen molar-refractivity contribution in [3.8, 4) is 5.69 Å². The number of hydrogen-bond acceptors (Lipinski definition) is 6. The number of allylic oxidation sites excluding steroid dienone is 1. The maximum atomic E-state index is 13.0. The van der Waals surface area contributed by atoms with Crippen LogP contribution in [0.3, 0.4) is 0 Å². The minimum atomic E-state index is -0.198. The van der Waals surface area contributed by atoms with E-state index in [4.69, 9.17) is 16.3 Å². The first-order chi connectivity index (χ1) is 16.5. The van der Waals surface area contributed by atoms with E-state index in [1.807, 2.05) is 37.4 Å². The minimum Gasteiger partial charge on any atom is -0.383 e. The Morgan fingerprint density at radius 3 is 2.62 bits per heavy atom. The molecule has 2 heterocycles. The number of rotatable bonds is 11. The van der Waals surface area contributed by atoms with Crippen molar-refractivity contribution in [3.05, 3.63) is 83.3 Å². The summed E-state index contributed by atoms with van der Waals surface area (Å²) >= 11 is 7.59. The number of hydrogen-bond donors (Lipinski definition) is 1. The van der Waals surface area contributed by atoms with Crippen LogP contribution in [-0.2, 0) is 16.1 Å². The number of ether oxygens (including phenoxy) is 1. The number of amides is 1. The summed E-state index contributed by atoms with van der Waals surface area (Å²) in [6.07, 6.45) is 8.91. The molecule has 7 nitrogen and oxygen atoms in total. The van der Waals surface area contributed by atoms with Gasteiger partial charge in [0.25, 0.3) is 5.91 Å². The Bertz CT molecular complexity index is 1140. The lowest BCUT2D eigenvalue weighted by molar-refractivity contribution is -0.115. The molecule has 1 aromatic carbocycles. The third-order valence-electron chi connectivity index (χ3n) is 5.13. The van der Waals surface area contributed by atoms with Crippen LogP contribution in [0.2, 0.25) is 5.02 Å². The van der Waals surface area contributed by atoms with Crippen molar-refractivity contribution >= 4 is 46.9 Å². The Hall–Kier alpha value is -3.07. The van der Waals surface area contributed by atoms with Gasteiger partial charge in [-0.05, 0) is 48.9 Å². The highest BCUT2D eigenvalue weighted by Crippen LogP contribution is 2.24. The number of carbonyl (C=O) groups is 1. The average Bonchev–Trinajstić information content (AvgIpc) is 3.28. The van der Waals surface area contributed by atoms with Crippen LogP contribution in [0.1, 0.15) is 23.7 Å². The number of nitrogens with zero attached hydrogens (tertiary/aromatic N) is 4. The predicted molar refractivity (Wildman–Crippen MR) is 141 cm³/mol. The number of benzene rings is 1. The smallest absolute Gasteiger partial charge is 0.251 e. The molecule has 2 aromatic heterocycles. The molecule has 0 saturated carbocycles. The Balaban J connectivity index is 1.71. The number of halogens is 1. The molecule has 0 atom stereocenters. The Morgan fingerprint density at radius 1 is 1.26 bits per heavy atom. The maximum absolute atomic E-state index is 13.0. The zero-order valence-electron chi connectivity index (χ0n) is 19.5. The molecule has 0 spiro atoms. The van der Waals surface area contributed by atoms with Gasteiger partial charge in [-0.1, -0.05) is 42.3 Å². The van der Waals surface area contributed by atoms with Gasteiger partial charge in [-0.2, -0.15) is 5.10 Å². The predicted octanol–water partition coefficient (Wildman–Crippen LogP) is 5.01. The number of methoxy groups -OCH3 is 1. The van der Waals surface area contributed by atoms with Crippen LogP contribution >= 0.6 is 23.5 Å². The lowest BCUT2D eigenvalue weighted by atomic mass is 10.1. The first-order valence-electron chi connectivity index (χ1n) is 10.7. The summed E-state index contributed by atoms with van der Waals surface area (Å²) in [5.74, 6) is 0.648. The van der Waals surface area contributed by atoms with Gasteiger partial charge in [0.05, 0.1) is 30.7 Å². The summed E-state index contributed by atoms with van der Waals surface area (Å²) in [5.41, 5.74) is 3.68. The molecular formula is C25H28ClN5O2S. The SMILES string of the molecule is C=Cc1c(/C(=C\C)C(=O)NCc2ccc(N(CCOC)SC)nc2)cnn1-c1ccc(Cl)cc1. The fourth-order valence-corrected chi connectivity index (χ4v) is 4.06. The molecule has 0 radical (unpaired) electrons. The number of anilines is 1. The molecule has 1 amide bonds. The Morgan fingerprint density at radius 2 is 2.03 bits per heavy atom. The molecule has 3 aromatic rings. The van der Waals surface area contributed by atoms with E-state index in [0.29, 0.717) is 29.3 Å². The molecule has 1 N–H and O–H groups in total. The zero-order valence-corrected chi connectivity index (χ0v) is 21.1. The van der Waals surface area contributed by atoms with Gasteiger partial charge in [0, 0.05) is 42.3 Å². The second kappa shape index (κ2) is 12.4. The summed E-state index contributed by atoms with van der Waals surface area (Å²) < 4.78 is 8.94. The average molecular weight is 498 g/mol. The molecular weight excluding hydrogens is 470 g/mol. The largest absolute Gasteiger partial charge is 0.383 e. The van der Waals surface area contributed by atoms with E-state index >= 15 is 0 Å². The molecule has 178 valence electrons. The molecule has 0 bridgehead atoms. The van der Waals surface area contributed by atoms with E-state index in [9.17, 15) is 4.79 Å². The van der Waals surface area contributed by atoms with E-state index in [2.05, 4.69) is 26.3 Å². The van der Waals surface area contributed by atoms with Crippen LogP contribution in [0.15, 0.2) is 61.4 Å². The second-order valence-electron chi connectivity index (χ2n) is 7.22. The third kappa shape index (κ3) is 6.08. The standard InChI is InChI=1S/C25H28ClN5O2S/c1-5-21(22-17-29-31(23(22)6-2)20-10-8-19(26)9-11-20)25(32)28-16-18-7-12-24(27-15-18)30(34-4)13-14-33-3/h5-12,15,17H,2,13-14,16H2,1,3-4H3,(H,28,32)/b21-5+. The van der Waals surface area contributed by atoms with Gasteiger partial charge in [-0.3, -0.25) is 9.10 Å². The molecule has 34 heavy (non-hydrogen) atoms. The van der Waals surface area contributed by atoms with Crippen molar-refractivity contribution in [2.45, 2.75) is 13.5 Å². The molecule has 0 unspecified atom stereocenters. The lowest BCUT2D eigenvalue weighted by Crippen LogP contribution is -2.24. The molecule has 0 aliphatic carbocycles. The van der Waals surface area contributed by atoms with Crippen molar-refractivity contribution in [2.24, 2.45) is 0 Å². The van der Waals surface area contributed by atoms with Gasteiger partial charge in [-0.15, -0.1) is 0 Å². The molecule has 0 fully saturated rings. The first-order valence-corrected chi connectivity index (χ1v) is 12.2. The molecule has 3 rings (SSSR count). The quantitative estimate of drug-likeness (QED) is 0.296. The van der Waals surface area contributed by atoms with Gasteiger partial charge < -0.3 is 10.1 Å². The highest BCUT2D eigenvalue weighted by Gasteiger charge is 2.18. The van der Waals surface area contributed by atoms with Crippen LogP contribution in [-0.4, -0.2) is 47.2 Å². The van der Waals surface area contributed by atoms with Crippen LogP contribution in [0.4, 0.5) is 5.82 Å². The monoisotopic (exact) mass is 497 g/mol. The molecule has 0 saturated heterocycles. The molecule has 0 aliphatic heterocycles. The van der Waals surface area contributed by atoms with E-state index in [0.717, 1.165) is 29.3 Å². The van der Waals surface area contributed by atoms with E-state index in [-0.39, 0.29) is 5.91 Å². The van der Waals surface area contributed by atoms with Crippen LogP contribution in [0, 0.1) is 0 Å². The summed E-state index contributed by atoms with van der Waals surface area (Å²) in [7, 11) is 1.68. The van der Waals surface area contributed by atoms with Crippen LogP contribution in [0.5, 0.6) is 0 Å². The fraction of sp³-hybridized carbons (Fsp3) is 0.240. The van der Waals surface area contributed by atoms with E-state index < -0.39 is 0 Å². The lowest BCUT2D eigenvalue weighted by Gasteiger charge is -2.20. The number of pyridine rings is 1. The molecule has 0 aliphatic rings. The third-order valence-corrected chi connectivity index (χ3v) is 6.19.